The summed E-state index contributed by atoms with van der Waals surface area (Å²) < 4.78 is 33.1. The van der Waals surface area contributed by atoms with E-state index in [2.05, 4.69) is 10.3 Å². The van der Waals surface area contributed by atoms with Gasteiger partial charge in [0.1, 0.15) is 16.5 Å². The molecule has 1 aliphatic carbocycles. The molecule has 1 aromatic carbocycles. The smallest absolute Gasteiger partial charge is 0.341 e. The van der Waals surface area contributed by atoms with Crippen LogP contribution in [0.1, 0.15) is 52.5 Å². The molecular weight excluding hydrogens is 534 g/mol. The number of fused-ring (bicyclic) bond motifs is 2. The number of carbonyl (C=O) groups is 3. The lowest BCUT2D eigenvalue weighted by atomic mass is 10.1. The molecule has 2 amide bonds. The van der Waals surface area contributed by atoms with Crippen LogP contribution in [0.4, 0.5) is 5.00 Å². The Hall–Kier alpha value is -2.83. The Labute approximate surface area is 223 Å². The van der Waals surface area contributed by atoms with Crippen molar-refractivity contribution in [1.29, 1.82) is 0 Å². The van der Waals surface area contributed by atoms with Crippen molar-refractivity contribution in [2.24, 2.45) is 4.99 Å². The summed E-state index contributed by atoms with van der Waals surface area (Å²) in [5.41, 5.74) is 3.15. The van der Waals surface area contributed by atoms with Crippen molar-refractivity contribution in [1.82, 2.24) is 4.57 Å². The standard InChI is InChI=1S/C25H29N3O6S3/c1-4-28-17-11-10-15(2)12-19(17)36-25(28)27-21(30)14-37(32,33)13-20(29)26-23-22(24(31)34-3)16-8-6-5-7-9-18(16)35-23/h10-12H,4-9,13-14H2,1-3H3,(H,26,29). The number of rotatable bonds is 7. The Balaban J connectivity index is 1.50. The topological polar surface area (TPSA) is 124 Å². The molecule has 9 nitrogen and oxygen atoms in total. The first-order valence-corrected chi connectivity index (χ1v) is 15.5. The fourth-order valence-electron chi connectivity index (χ4n) is 4.46. The molecule has 3 aromatic rings. The number of thiazole rings is 1. The highest BCUT2D eigenvalue weighted by Gasteiger charge is 2.28. The second-order valence-electron chi connectivity index (χ2n) is 8.95. The van der Waals surface area contributed by atoms with Crippen LogP contribution in [0.25, 0.3) is 10.2 Å². The van der Waals surface area contributed by atoms with E-state index in [1.165, 1.54) is 29.8 Å². The van der Waals surface area contributed by atoms with Gasteiger partial charge in [0, 0.05) is 11.4 Å². The molecule has 2 heterocycles. The number of anilines is 1. The van der Waals surface area contributed by atoms with Crippen LogP contribution in [0.3, 0.4) is 0 Å². The van der Waals surface area contributed by atoms with Crippen molar-refractivity contribution in [3.63, 3.8) is 0 Å². The fraction of sp³-hybridized carbons (Fsp3) is 0.440. The summed E-state index contributed by atoms with van der Waals surface area (Å²) in [5.74, 6) is -3.99. The van der Waals surface area contributed by atoms with E-state index in [4.69, 9.17) is 4.74 Å². The van der Waals surface area contributed by atoms with Crippen molar-refractivity contribution in [3.05, 3.63) is 44.6 Å². The normalized spacial score (nSPS) is 14.3. The summed E-state index contributed by atoms with van der Waals surface area (Å²) in [5, 5.41) is 2.87. The lowest BCUT2D eigenvalue weighted by Crippen LogP contribution is -2.28. The SMILES string of the molecule is CCn1c(=NC(=O)CS(=O)(=O)CC(=O)Nc2sc3c(c2C(=O)OC)CCCCC3)sc2cc(C)ccc21. The van der Waals surface area contributed by atoms with Crippen molar-refractivity contribution >= 4 is 65.5 Å². The molecule has 0 aliphatic heterocycles. The third-order valence-electron chi connectivity index (χ3n) is 6.13. The second-order valence-corrected chi connectivity index (χ2v) is 13.1. The van der Waals surface area contributed by atoms with E-state index < -0.39 is 39.1 Å². The molecule has 0 radical (unpaired) electrons. The van der Waals surface area contributed by atoms with Gasteiger partial charge in [-0.25, -0.2) is 13.2 Å². The summed E-state index contributed by atoms with van der Waals surface area (Å²) >= 11 is 2.59. The molecule has 0 bridgehead atoms. The molecule has 4 rings (SSSR count). The van der Waals surface area contributed by atoms with E-state index in [9.17, 15) is 22.8 Å². The Kier molecular flexibility index (Phi) is 8.29. The molecule has 0 spiro atoms. The zero-order chi connectivity index (χ0) is 26.7. The predicted molar refractivity (Wildman–Crippen MR) is 145 cm³/mol. The quantitative estimate of drug-likeness (QED) is 0.346. The fourth-order valence-corrected chi connectivity index (χ4v) is 7.98. The average Bonchev–Trinajstić information content (AvgIpc) is 3.23. The van der Waals surface area contributed by atoms with Crippen molar-refractivity contribution in [2.45, 2.75) is 52.5 Å². The van der Waals surface area contributed by atoms with Gasteiger partial charge in [-0.1, -0.05) is 23.8 Å². The van der Waals surface area contributed by atoms with E-state index in [-0.39, 0.29) is 0 Å². The average molecular weight is 564 g/mol. The first-order chi connectivity index (χ1) is 17.6. The maximum atomic E-state index is 12.7. The highest BCUT2D eigenvalue weighted by Crippen LogP contribution is 2.38. The van der Waals surface area contributed by atoms with Crippen LogP contribution in [0.15, 0.2) is 23.2 Å². The number of benzene rings is 1. The lowest BCUT2D eigenvalue weighted by Gasteiger charge is -2.07. The number of aromatic nitrogens is 1. The Bertz CT molecular complexity index is 1550. The van der Waals surface area contributed by atoms with Gasteiger partial charge in [-0.15, -0.1) is 11.3 Å². The monoisotopic (exact) mass is 563 g/mol. The van der Waals surface area contributed by atoms with Gasteiger partial charge in [0.05, 0.1) is 22.9 Å². The maximum Gasteiger partial charge on any atom is 0.341 e. The third kappa shape index (κ3) is 6.19. The Morgan fingerprint density at radius 1 is 1.11 bits per heavy atom. The van der Waals surface area contributed by atoms with Crippen LogP contribution in [0.5, 0.6) is 0 Å². The van der Waals surface area contributed by atoms with Gasteiger partial charge < -0.3 is 14.6 Å². The van der Waals surface area contributed by atoms with Gasteiger partial charge in [-0.05, 0) is 62.8 Å². The molecule has 12 heteroatoms. The van der Waals surface area contributed by atoms with Crippen molar-refractivity contribution in [3.8, 4) is 0 Å². The number of sulfone groups is 1. The van der Waals surface area contributed by atoms with E-state index in [0.29, 0.717) is 28.3 Å². The molecular formula is C25H29N3O6S3. The predicted octanol–water partition coefficient (Wildman–Crippen LogP) is 3.63. The van der Waals surface area contributed by atoms with E-state index >= 15 is 0 Å². The van der Waals surface area contributed by atoms with Gasteiger partial charge in [-0.2, -0.15) is 4.99 Å². The number of hydrogen-bond acceptors (Lipinski definition) is 8. The second kappa shape index (κ2) is 11.3. The Morgan fingerprint density at radius 3 is 2.59 bits per heavy atom. The highest BCUT2D eigenvalue weighted by atomic mass is 32.2. The molecule has 0 atom stereocenters. The molecule has 0 saturated heterocycles. The van der Waals surface area contributed by atoms with Crippen LogP contribution in [-0.2, 0) is 43.5 Å². The summed E-state index contributed by atoms with van der Waals surface area (Å²) in [6, 6.07) is 5.90. The molecule has 1 aliphatic rings. The third-order valence-corrected chi connectivity index (χ3v) is 9.77. The van der Waals surface area contributed by atoms with Gasteiger partial charge in [-0.3, -0.25) is 9.59 Å². The van der Waals surface area contributed by atoms with Crippen molar-refractivity contribution < 1.29 is 27.5 Å². The lowest BCUT2D eigenvalue weighted by molar-refractivity contribution is -0.115. The summed E-state index contributed by atoms with van der Waals surface area (Å²) in [7, 11) is -2.82. The largest absolute Gasteiger partial charge is 0.465 e. The number of ether oxygens (including phenoxy) is 1. The Morgan fingerprint density at radius 2 is 1.86 bits per heavy atom. The number of amides is 2. The number of methoxy groups -OCH3 is 1. The first kappa shape index (κ1) is 27.2. The van der Waals surface area contributed by atoms with Gasteiger partial charge in [0.25, 0.3) is 5.91 Å². The molecule has 0 fully saturated rings. The number of thiophene rings is 1. The first-order valence-electron chi connectivity index (χ1n) is 12.0. The van der Waals surface area contributed by atoms with E-state index in [1.807, 2.05) is 36.6 Å². The zero-order valence-electron chi connectivity index (χ0n) is 21.0. The molecule has 0 unspecified atom stereocenters. The van der Waals surface area contributed by atoms with Crippen LogP contribution in [0, 0.1) is 6.92 Å². The van der Waals surface area contributed by atoms with Gasteiger partial charge in [0.15, 0.2) is 14.6 Å². The number of hydrogen-bond donors (Lipinski definition) is 1. The van der Waals surface area contributed by atoms with E-state index in [0.717, 1.165) is 51.9 Å². The number of nitrogens with zero attached hydrogens (tertiary/aromatic N) is 2. The minimum absolute atomic E-state index is 0.291. The van der Waals surface area contributed by atoms with Crippen molar-refractivity contribution in [2.75, 3.05) is 23.9 Å². The summed E-state index contributed by atoms with van der Waals surface area (Å²) in [6.07, 6.45) is 4.47. The maximum absolute atomic E-state index is 12.7. The molecule has 37 heavy (non-hydrogen) atoms. The number of esters is 1. The molecule has 2 aromatic heterocycles. The van der Waals surface area contributed by atoms with Crippen LogP contribution < -0.4 is 10.1 Å². The molecule has 198 valence electrons. The molecule has 0 saturated carbocycles. The zero-order valence-corrected chi connectivity index (χ0v) is 23.4. The van der Waals surface area contributed by atoms with Crippen LogP contribution >= 0.6 is 22.7 Å². The van der Waals surface area contributed by atoms with Crippen LogP contribution in [-0.4, -0.2) is 49.4 Å². The number of carbonyl (C=O) groups excluding carboxylic acids is 3. The van der Waals surface area contributed by atoms with Gasteiger partial charge in [0.2, 0.25) is 5.91 Å². The minimum Gasteiger partial charge on any atom is -0.465 e. The van der Waals surface area contributed by atoms with E-state index in [1.54, 1.807) is 0 Å². The molecule has 1 N–H and O–H groups in total. The summed E-state index contributed by atoms with van der Waals surface area (Å²) in [4.78, 5) is 43.2. The van der Waals surface area contributed by atoms with Gasteiger partial charge >= 0.3 is 5.97 Å². The van der Waals surface area contributed by atoms with Crippen LogP contribution in [0.2, 0.25) is 0 Å². The number of nitrogens with one attached hydrogen (secondary N) is 1. The highest BCUT2D eigenvalue weighted by molar-refractivity contribution is 7.92. The summed E-state index contributed by atoms with van der Waals surface area (Å²) in [6.45, 7) is 4.46. The minimum atomic E-state index is -4.09. The number of aryl methyl sites for hydroxylation is 3.